The summed E-state index contributed by atoms with van der Waals surface area (Å²) in [6.07, 6.45) is 1.77. The van der Waals surface area contributed by atoms with Crippen LogP contribution in [0.1, 0.15) is 25.6 Å². The van der Waals surface area contributed by atoms with Gasteiger partial charge >= 0.3 is 0 Å². The summed E-state index contributed by atoms with van der Waals surface area (Å²) in [7, 11) is 1.68. The molecule has 0 radical (unpaired) electrons. The normalized spacial score (nSPS) is 11.6. The zero-order chi connectivity index (χ0) is 8.48. The first-order valence-electron chi connectivity index (χ1n) is 3.55. The summed E-state index contributed by atoms with van der Waals surface area (Å²) in [5.41, 5.74) is 0.145. The van der Waals surface area contributed by atoms with Crippen molar-refractivity contribution in [2.24, 2.45) is 0 Å². The molecule has 0 aliphatic carbocycles. The van der Waals surface area contributed by atoms with Gasteiger partial charge in [-0.15, -0.1) is 0 Å². The Bertz CT molecular complexity index is 236. The second-order valence-corrected chi connectivity index (χ2v) is 4.27. The fraction of sp³-hybridized carbons (Fsp3) is 0.625. The maximum absolute atomic E-state index is 5.16. The summed E-state index contributed by atoms with van der Waals surface area (Å²) >= 11 is 1.51. The summed E-state index contributed by atoms with van der Waals surface area (Å²) in [6, 6.07) is 0. The van der Waals surface area contributed by atoms with Crippen molar-refractivity contribution in [2.75, 3.05) is 7.11 Å². The minimum atomic E-state index is 0.145. The zero-order valence-electron chi connectivity index (χ0n) is 7.34. The molecule has 0 bridgehead atoms. The van der Waals surface area contributed by atoms with Crippen LogP contribution in [0.4, 0.5) is 0 Å². The number of nitrogens with zero attached hydrogens (tertiary/aromatic N) is 1. The zero-order valence-corrected chi connectivity index (χ0v) is 8.16. The molecule has 0 aromatic carbocycles. The van der Waals surface area contributed by atoms with Crippen LogP contribution in [0.25, 0.3) is 0 Å². The van der Waals surface area contributed by atoms with Gasteiger partial charge in [0, 0.05) is 5.41 Å². The number of methoxy groups -OCH3 is 1. The number of aromatic nitrogens is 1. The summed E-state index contributed by atoms with van der Waals surface area (Å²) < 4.78 is 9.24. The van der Waals surface area contributed by atoms with Gasteiger partial charge in [-0.25, -0.2) is 0 Å². The Balaban J connectivity index is 3.02. The van der Waals surface area contributed by atoms with Crippen molar-refractivity contribution in [3.8, 4) is 5.75 Å². The highest BCUT2D eigenvalue weighted by Crippen LogP contribution is 2.33. The minimum absolute atomic E-state index is 0.145. The molecule has 0 spiro atoms. The molecule has 11 heavy (non-hydrogen) atoms. The van der Waals surface area contributed by atoms with Gasteiger partial charge in [0.15, 0.2) is 5.75 Å². The lowest BCUT2D eigenvalue weighted by Gasteiger charge is -2.16. The lowest BCUT2D eigenvalue weighted by molar-refractivity contribution is 0.401. The van der Waals surface area contributed by atoms with Gasteiger partial charge in [0.05, 0.1) is 18.2 Å². The van der Waals surface area contributed by atoms with Gasteiger partial charge in [0.2, 0.25) is 0 Å². The first-order valence-corrected chi connectivity index (χ1v) is 4.32. The fourth-order valence-corrected chi connectivity index (χ4v) is 1.64. The van der Waals surface area contributed by atoms with Gasteiger partial charge < -0.3 is 4.74 Å². The van der Waals surface area contributed by atoms with Crippen molar-refractivity contribution in [1.29, 1.82) is 0 Å². The van der Waals surface area contributed by atoms with Gasteiger partial charge in [0.25, 0.3) is 0 Å². The molecule has 0 amide bonds. The molecule has 1 aromatic rings. The van der Waals surface area contributed by atoms with E-state index in [-0.39, 0.29) is 5.41 Å². The maximum Gasteiger partial charge on any atom is 0.153 e. The smallest absolute Gasteiger partial charge is 0.153 e. The van der Waals surface area contributed by atoms with Crippen molar-refractivity contribution in [1.82, 2.24) is 4.37 Å². The quantitative estimate of drug-likeness (QED) is 0.647. The molecule has 2 nitrogen and oxygen atoms in total. The van der Waals surface area contributed by atoms with E-state index in [0.29, 0.717) is 0 Å². The van der Waals surface area contributed by atoms with E-state index < -0.39 is 0 Å². The van der Waals surface area contributed by atoms with Crippen LogP contribution in [0.5, 0.6) is 5.75 Å². The van der Waals surface area contributed by atoms with Crippen molar-refractivity contribution < 1.29 is 4.74 Å². The molecule has 0 N–H and O–H groups in total. The van der Waals surface area contributed by atoms with Crippen molar-refractivity contribution in [3.05, 3.63) is 11.1 Å². The topological polar surface area (TPSA) is 22.1 Å². The van der Waals surface area contributed by atoms with Crippen molar-refractivity contribution in [3.63, 3.8) is 0 Å². The van der Waals surface area contributed by atoms with E-state index in [1.807, 2.05) is 0 Å². The highest BCUT2D eigenvalue weighted by atomic mass is 32.1. The van der Waals surface area contributed by atoms with Crippen molar-refractivity contribution in [2.45, 2.75) is 26.2 Å². The number of hydrogen-bond acceptors (Lipinski definition) is 3. The summed E-state index contributed by atoms with van der Waals surface area (Å²) in [6.45, 7) is 6.47. The number of rotatable bonds is 1. The number of ether oxygens (including phenoxy) is 1. The largest absolute Gasteiger partial charge is 0.494 e. The third kappa shape index (κ3) is 1.71. The third-order valence-electron chi connectivity index (χ3n) is 1.44. The Morgan fingerprint density at radius 3 is 2.45 bits per heavy atom. The number of hydrogen-bond donors (Lipinski definition) is 0. The Hall–Kier alpha value is -0.570. The monoisotopic (exact) mass is 171 g/mol. The lowest BCUT2D eigenvalue weighted by atomic mass is 9.94. The predicted octanol–water partition coefficient (Wildman–Crippen LogP) is 2.45. The molecule has 0 aliphatic heterocycles. The first kappa shape index (κ1) is 8.53. The molecule has 62 valence electrons. The first-order chi connectivity index (χ1) is 5.05. The van der Waals surface area contributed by atoms with E-state index in [2.05, 4.69) is 25.1 Å². The SMILES string of the molecule is COc1cnsc1C(C)(C)C. The average Bonchev–Trinajstić information content (AvgIpc) is 2.31. The highest BCUT2D eigenvalue weighted by molar-refractivity contribution is 7.06. The molecule has 0 unspecified atom stereocenters. The fourth-order valence-electron chi connectivity index (χ4n) is 0.882. The second kappa shape index (κ2) is 2.81. The van der Waals surface area contributed by atoms with Crippen LogP contribution >= 0.6 is 11.5 Å². The van der Waals surface area contributed by atoms with Gasteiger partial charge in [0.1, 0.15) is 0 Å². The molecular weight excluding hydrogens is 158 g/mol. The molecular formula is C8H13NOS. The van der Waals surface area contributed by atoms with E-state index in [1.165, 1.54) is 16.4 Å². The molecule has 0 fully saturated rings. The van der Waals surface area contributed by atoms with E-state index >= 15 is 0 Å². The summed E-state index contributed by atoms with van der Waals surface area (Å²) in [5, 5.41) is 0. The summed E-state index contributed by atoms with van der Waals surface area (Å²) in [5.74, 6) is 0.905. The molecule has 0 saturated heterocycles. The van der Waals surface area contributed by atoms with E-state index in [0.717, 1.165) is 5.75 Å². The third-order valence-corrected chi connectivity index (χ3v) is 2.65. The van der Waals surface area contributed by atoms with E-state index in [4.69, 9.17) is 4.74 Å². The molecule has 0 aliphatic rings. The van der Waals surface area contributed by atoms with Gasteiger partial charge in [-0.2, -0.15) is 4.37 Å². The molecule has 0 saturated carbocycles. The summed E-state index contributed by atoms with van der Waals surface area (Å²) in [4.78, 5) is 1.21. The lowest BCUT2D eigenvalue weighted by Crippen LogP contribution is -2.09. The average molecular weight is 171 g/mol. The van der Waals surface area contributed by atoms with Crippen molar-refractivity contribution >= 4 is 11.5 Å². The van der Waals surface area contributed by atoms with Crippen LogP contribution in [-0.4, -0.2) is 11.5 Å². The van der Waals surface area contributed by atoms with E-state index in [1.54, 1.807) is 13.3 Å². The highest BCUT2D eigenvalue weighted by Gasteiger charge is 2.20. The van der Waals surface area contributed by atoms with Crippen LogP contribution < -0.4 is 4.74 Å². The molecule has 3 heteroatoms. The van der Waals surface area contributed by atoms with Crippen LogP contribution in [0.3, 0.4) is 0 Å². The molecule has 1 heterocycles. The van der Waals surface area contributed by atoms with Crippen LogP contribution in [0.15, 0.2) is 6.20 Å². The van der Waals surface area contributed by atoms with Gasteiger partial charge in [-0.05, 0) is 11.5 Å². The second-order valence-electron chi connectivity index (χ2n) is 3.47. The minimum Gasteiger partial charge on any atom is -0.494 e. The van der Waals surface area contributed by atoms with Crippen LogP contribution in [0, 0.1) is 0 Å². The molecule has 0 atom stereocenters. The molecule has 1 rings (SSSR count). The Morgan fingerprint density at radius 1 is 1.45 bits per heavy atom. The standard InChI is InChI=1S/C8H13NOS/c1-8(2,3)7-6(10-4)5-9-11-7/h5H,1-4H3. The van der Waals surface area contributed by atoms with Crippen LogP contribution in [-0.2, 0) is 5.41 Å². The molecule has 1 aromatic heterocycles. The van der Waals surface area contributed by atoms with Gasteiger partial charge in [-0.3, -0.25) is 0 Å². The predicted molar refractivity (Wildman–Crippen MR) is 47.4 cm³/mol. The van der Waals surface area contributed by atoms with Gasteiger partial charge in [-0.1, -0.05) is 20.8 Å². The Morgan fingerprint density at radius 2 is 2.09 bits per heavy atom. The van der Waals surface area contributed by atoms with E-state index in [9.17, 15) is 0 Å². The Kier molecular flexibility index (Phi) is 2.18. The maximum atomic E-state index is 5.16. The Labute approximate surface area is 71.4 Å². The van der Waals surface area contributed by atoms with Crippen LogP contribution in [0.2, 0.25) is 0 Å².